The van der Waals surface area contributed by atoms with Crippen LogP contribution in [0.3, 0.4) is 0 Å². The fraction of sp³-hybridized carbons (Fsp3) is 0.353. The van der Waals surface area contributed by atoms with Crippen molar-refractivity contribution in [2.24, 2.45) is 0 Å². The molecule has 1 amide bonds. The van der Waals surface area contributed by atoms with Crippen LogP contribution in [0.25, 0.3) is 0 Å². The van der Waals surface area contributed by atoms with Crippen LogP contribution in [0.15, 0.2) is 34.7 Å². The predicted octanol–water partition coefficient (Wildman–Crippen LogP) is 3.77. The molecule has 0 bridgehead atoms. The molecule has 2 aromatic rings. The van der Waals surface area contributed by atoms with E-state index in [4.69, 9.17) is 4.42 Å². The monoisotopic (exact) mass is 341 g/mol. The Morgan fingerprint density at radius 3 is 2.54 bits per heavy atom. The highest BCUT2D eigenvalue weighted by atomic mass is 19.4. The Morgan fingerprint density at radius 1 is 1.29 bits per heavy atom. The minimum Gasteiger partial charge on any atom is -0.466 e. The Bertz CT molecular complexity index is 722. The molecule has 0 spiro atoms. The molecule has 1 unspecified atom stereocenters. The van der Waals surface area contributed by atoms with E-state index in [2.05, 4.69) is 5.32 Å². The summed E-state index contributed by atoms with van der Waals surface area (Å²) in [6.45, 7) is 3.50. The third kappa shape index (κ3) is 4.17. The van der Waals surface area contributed by atoms with Crippen molar-refractivity contribution in [1.29, 1.82) is 0 Å². The number of furan rings is 1. The van der Waals surface area contributed by atoms with Crippen LogP contribution in [-0.4, -0.2) is 17.6 Å². The first-order chi connectivity index (χ1) is 11.2. The molecule has 1 atom stereocenters. The summed E-state index contributed by atoms with van der Waals surface area (Å²) in [6, 6.07) is 6.28. The minimum absolute atomic E-state index is 0.0376. The van der Waals surface area contributed by atoms with Gasteiger partial charge in [0.15, 0.2) is 0 Å². The molecule has 0 fully saturated rings. The van der Waals surface area contributed by atoms with Crippen molar-refractivity contribution < 1.29 is 27.5 Å². The molecule has 0 aliphatic rings. The lowest BCUT2D eigenvalue weighted by Gasteiger charge is -2.14. The van der Waals surface area contributed by atoms with Gasteiger partial charge >= 0.3 is 6.18 Å². The average molecular weight is 341 g/mol. The van der Waals surface area contributed by atoms with Gasteiger partial charge in [-0.3, -0.25) is 4.79 Å². The van der Waals surface area contributed by atoms with E-state index in [1.165, 1.54) is 12.1 Å². The van der Waals surface area contributed by atoms with Gasteiger partial charge < -0.3 is 14.8 Å². The first-order valence-corrected chi connectivity index (χ1v) is 7.39. The quantitative estimate of drug-likeness (QED) is 0.870. The van der Waals surface area contributed by atoms with Gasteiger partial charge in [0.1, 0.15) is 11.5 Å². The number of amides is 1. The van der Waals surface area contributed by atoms with Crippen molar-refractivity contribution in [2.45, 2.75) is 32.5 Å². The smallest absolute Gasteiger partial charge is 0.417 e. The number of aliphatic hydroxyl groups excluding tert-OH is 1. The number of hydrogen-bond donors (Lipinski definition) is 2. The number of halogens is 3. The third-order valence-electron chi connectivity index (χ3n) is 3.62. The van der Waals surface area contributed by atoms with Crippen LogP contribution in [0.1, 0.15) is 45.5 Å². The zero-order valence-corrected chi connectivity index (χ0v) is 13.3. The van der Waals surface area contributed by atoms with Crippen molar-refractivity contribution in [3.63, 3.8) is 0 Å². The van der Waals surface area contributed by atoms with Gasteiger partial charge in [-0.05, 0) is 38.5 Å². The average Bonchev–Trinajstić information content (AvgIpc) is 2.85. The number of rotatable bonds is 5. The molecule has 2 N–H and O–H groups in total. The van der Waals surface area contributed by atoms with Crippen LogP contribution in [-0.2, 0) is 6.18 Å². The van der Waals surface area contributed by atoms with E-state index in [-0.39, 0.29) is 13.0 Å². The minimum atomic E-state index is -4.60. The molecule has 4 nitrogen and oxygen atoms in total. The van der Waals surface area contributed by atoms with Crippen molar-refractivity contribution in [2.75, 3.05) is 6.54 Å². The Labute approximate surface area is 137 Å². The summed E-state index contributed by atoms with van der Waals surface area (Å²) in [5.74, 6) is 0.411. The van der Waals surface area contributed by atoms with Crippen LogP contribution in [0, 0.1) is 13.8 Å². The molecule has 0 radical (unpaired) electrons. The van der Waals surface area contributed by atoms with E-state index in [0.717, 1.165) is 12.1 Å². The van der Waals surface area contributed by atoms with Crippen molar-refractivity contribution in [3.05, 3.63) is 58.5 Å². The molecule has 7 heteroatoms. The Morgan fingerprint density at radius 2 is 1.96 bits per heavy atom. The first-order valence-electron chi connectivity index (χ1n) is 7.39. The van der Waals surface area contributed by atoms with Crippen molar-refractivity contribution >= 4 is 5.91 Å². The number of aryl methyl sites for hydroxylation is 2. The maximum atomic E-state index is 12.9. The number of hydrogen-bond acceptors (Lipinski definition) is 3. The Hall–Kier alpha value is -2.28. The summed E-state index contributed by atoms with van der Waals surface area (Å²) < 4.78 is 44.0. The number of carbonyl (C=O) groups is 1. The number of benzene rings is 1. The summed E-state index contributed by atoms with van der Waals surface area (Å²) in [5, 5.41) is 12.5. The second kappa shape index (κ2) is 7.09. The van der Waals surface area contributed by atoms with Gasteiger partial charge in [0.2, 0.25) is 0 Å². The molecule has 0 aliphatic heterocycles. The van der Waals surface area contributed by atoms with Crippen molar-refractivity contribution in [1.82, 2.24) is 5.32 Å². The van der Waals surface area contributed by atoms with Gasteiger partial charge in [-0.2, -0.15) is 13.2 Å². The molecular formula is C17H18F3NO3. The zero-order valence-electron chi connectivity index (χ0n) is 13.3. The van der Waals surface area contributed by atoms with Gasteiger partial charge in [-0.25, -0.2) is 0 Å². The topological polar surface area (TPSA) is 62.5 Å². The van der Waals surface area contributed by atoms with E-state index in [0.29, 0.717) is 17.1 Å². The number of nitrogens with one attached hydrogen (secondary N) is 1. The zero-order chi connectivity index (χ0) is 17.9. The highest BCUT2D eigenvalue weighted by Gasteiger charge is 2.34. The summed E-state index contributed by atoms with van der Waals surface area (Å²) in [6.07, 6.45) is -5.29. The third-order valence-corrected chi connectivity index (χ3v) is 3.62. The lowest BCUT2D eigenvalue weighted by atomic mass is 10.1. The van der Waals surface area contributed by atoms with Crippen molar-refractivity contribution in [3.8, 4) is 0 Å². The van der Waals surface area contributed by atoms with Gasteiger partial charge in [0.05, 0.1) is 17.2 Å². The molecule has 0 saturated carbocycles. The Balaban J connectivity index is 1.98. The lowest BCUT2D eigenvalue weighted by molar-refractivity contribution is -0.137. The maximum absolute atomic E-state index is 12.9. The first kappa shape index (κ1) is 18.1. The van der Waals surface area contributed by atoms with Gasteiger partial charge in [-0.15, -0.1) is 0 Å². The summed E-state index contributed by atoms with van der Waals surface area (Å²) in [7, 11) is 0. The molecule has 130 valence electrons. The standard InChI is InChI=1S/C17H18F3NO3/c1-10-9-13(11(2)24-10)15(22)7-8-21-16(23)12-5-3-4-6-14(12)17(18,19)20/h3-6,9,15,22H,7-8H2,1-2H3,(H,21,23). The number of alkyl halides is 3. The highest BCUT2D eigenvalue weighted by molar-refractivity contribution is 5.95. The van der Waals surface area contributed by atoms with Crippen LogP contribution >= 0.6 is 0 Å². The molecule has 0 saturated heterocycles. The Kier molecular flexibility index (Phi) is 5.33. The maximum Gasteiger partial charge on any atom is 0.417 e. The molecule has 1 aromatic carbocycles. The molecule has 0 aliphatic carbocycles. The van der Waals surface area contributed by atoms with Gasteiger partial charge in [0.25, 0.3) is 5.91 Å². The van der Waals surface area contributed by atoms with Gasteiger partial charge in [0, 0.05) is 12.1 Å². The molecular weight excluding hydrogens is 323 g/mol. The molecule has 2 rings (SSSR count). The van der Waals surface area contributed by atoms with E-state index in [9.17, 15) is 23.1 Å². The van der Waals surface area contributed by atoms with E-state index < -0.39 is 29.3 Å². The second-order valence-corrected chi connectivity index (χ2v) is 5.47. The predicted molar refractivity (Wildman–Crippen MR) is 81.5 cm³/mol. The second-order valence-electron chi connectivity index (χ2n) is 5.47. The number of aliphatic hydroxyl groups is 1. The summed E-state index contributed by atoms with van der Waals surface area (Å²) >= 11 is 0. The molecule has 1 aromatic heterocycles. The summed E-state index contributed by atoms with van der Waals surface area (Å²) in [5.41, 5.74) is -0.809. The van der Waals surface area contributed by atoms with Crippen LogP contribution in [0.2, 0.25) is 0 Å². The van der Waals surface area contributed by atoms with E-state index in [1.54, 1.807) is 19.9 Å². The fourth-order valence-corrected chi connectivity index (χ4v) is 2.48. The van der Waals surface area contributed by atoms with E-state index in [1.807, 2.05) is 0 Å². The SMILES string of the molecule is Cc1cc(C(O)CCNC(=O)c2ccccc2C(F)(F)F)c(C)o1. The lowest BCUT2D eigenvalue weighted by Crippen LogP contribution is -2.28. The van der Waals surface area contributed by atoms with E-state index >= 15 is 0 Å². The highest BCUT2D eigenvalue weighted by Crippen LogP contribution is 2.31. The fourth-order valence-electron chi connectivity index (χ4n) is 2.48. The normalized spacial score (nSPS) is 12.9. The largest absolute Gasteiger partial charge is 0.466 e. The number of carbonyl (C=O) groups excluding carboxylic acids is 1. The van der Waals surface area contributed by atoms with Gasteiger partial charge in [-0.1, -0.05) is 12.1 Å². The summed E-state index contributed by atoms with van der Waals surface area (Å²) in [4.78, 5) is 12.0. The molecule has 24 heavy (non-hydrogen) atoms. The van der Waals surface area contributed by atoms with Crippen LogP contribution in [0.5, 0.6) is 0 Å². The van der Waals surface area contributed by atoms with Crippen LogP contribution in [0.4, 0.5) is 13.2 Å². The molecule has 1 heterocycles. The van der Waals surface area contributed by atoms with Crippen LogP contribution < -0.4 is 5.32 Å².